The standard InChI is InChI=1S/C12H19ClF3NO2/c13-8-11(5-2-1-3-6-11)17-10(18)4-7-19-9-12(14,15)16/h1-9H2,(H,17,18). The fourth-order valence-electron chi connectivity index (χ4n) is 2.23. The average Bonchev–Trinajstić information content (AvgIpc) is 2.35. The van der Waals surface area contributed by atoms with E-state index < -0.39 is 12.8 Å². The van der Waals surface area contributed by atoms with Gasteiger partial charge in [-0.3, -0.25) is 4.79 Å². The van der Waals surface area contributed by atoms with E-state index in [1.807, 2.05) is 0 Å². The molecule has 1 amide bonds. The van der Waals surface area contributed by atoms with E-state index in [0.29, 0.717) is 5.88 Å². The summed E-state index contributed by atoms with van der Waals surface area (Å²) in [6.07, 6.45) is 0.377. The Hall–Kier alpha value is -0.490. The molecule has 0 aliphatic heterocycles. The summed E-state index contributed by atoms with van der Waals surface area (Å²) in [5, 5.41) is 2.85. The van der Waals surface area contributed by atoms with Crippen molar-refractivity contribution in [1.82, 2.24) is 5.32 Å². The number of hydrogen-bond donors (Lipinski definition) is 1. The van der Waals surface area contributed by atoms with Crippen LogP contribution < -0.4 is 5.32 Å². The summed E-state index contributed by atoms with van der Waals surface area (Å²) in [4.78, 5) is 11.7. The lowest BCUT2D eigenvalue weighted by atomic mass is 9.83. The first-order chi connectivity index (χ1) is 8.87. The summed E-state index contributed by atoms with van der Waals surface area (Å²) in [5.41, 5.74) is -0.388. The van der Waals surface area contributed by atoms with Crippen LogP contribution in [-0.4, -0.2) is 36.7 Å². The van der Waals surface area contributed by atoms with Crippen molar-refractivity contribution < 1.29 is 22.7 Å². The summed E-state index contributed by atoms with van der Waals surface area (Å²) in [6.45, 7) is -1.55. The number of ether oxygens (including phenoxy) is 1. The lowest BCUT2D eigenvalue weighted by Crippen LogP contribution is -2.51. The third-order valence-corrected chi connectivity index (χ3v) is 3.72. The van der Waals surface area contributed by atoms with Gasteiger partial charge in [0.25, 0.3) is 0 Å². The number of amides is 1. The SMILES string of the molecule is O=C(CCOCC(F)(F)F)NC1(CCl)CCCCC1. The van der Waals surface area contributed by atoms with E-state index in [1.165, 1.54) is 0 Å². The van der Waals surface area contributed by atoms with Gasteiger partial charge in [0.15, 0.2) is 0 Å². The minimum absolute atomic E-state index is 0.0747. The van der Waals surface area contributed by atoms with Crippen molar-refractivity contribution in [2.45, 2.75) is 50.2 Å². The largest absolute Gasteiger partial charge is 0.411 e. The molecule has 0 saturated heterocycles. The van der Waals surface area contributed by atoms with Gasteiger partial charge in [-0.25, -0.2) is 0 Å². The van der Waals surface area contributed by atoms with Crippen LogP contribution in [0.25, 0.3) is 0 Å². The highest BCUT2D eigenvalue weighted by Gasteiger charge is 2.32. The van der Waals surface area contributed by atoms with E-state index >= 15 is 0 Å². The molecule has 1 fully saturated rings. The van der Waals surface area contributed by atoms with Crippen molar-refractivity contribution in [3.63, 3.8) is 0 Å². The molecule has 0 radical (unpaired) electrons. The minimum atomic E-state index is -4.35. The molecule has 3 nitrogen and oxygen atoms in total. The van der Waals surface area contributed by atoms with Crippen molar-refractivity contribution in [3.8, 4) is 0 Å². The summed E-state index contributed by atoms with van der Waals surface area (Å²) >= 11 is 5.91. The summed E-state index contributed by atoms with van der Waals surface area (Å²) in [6, 6.07) is 0. The fraction of sp³-hybridized carbons (Fsp3) is 0.917. The van der Waals surface area contributed by atoms with Crippen molar-refractivity contribution in [2.75, 3.05) is 19.1 Å². The highest BCUT2D eigenvalue weighted by molar-refractivity contribution is 6.18. The van der Waals surface area contributed by atoms with Gasteiger partial charge in [0.05, 0.1) is 12.1 Å². The van der Waals surface area contributed by atoms with E-state index in [4.69, 9.17) is 11.6 Å². The number of rotatable bonds is 6. The van der Waals surface area contributed by atoms with Crippen LogP contribution in [0.5, 0.6) is 0 Å². The third kappa shape index (κ3) is 6.47. The maximum Gasteiger partial charge on any atom is 0.411 e. The van der Waals surface area contributed by atoms with Crippen molar-refractivity contribution in [3.05, 3.63) is 0 Å². The van der Waals surface area contributed by atoms with Crippen LogP contribution in [0.2, 0.25) is 0 Å². The molecule has 19 heavy (non-hydrogen) atoms. The van der Waals surface area contributed by atoms with Crippen molar-refractivity contribution in [2.24, 2.45) is 0 Å². The molecule has 0 aromatic heterocycles. The molecule has 1 N–H and O–H groups in total. The lowest BCUT2D eigenvalue weighted by Gasteiger charge is -2.36. The van der Waals surface area contributed by atoms with Crippen LogP contribution in [0.3, 0.4) is 0 Å². The zero-order valence-electron chi connectivity index (χ0n) is 10.7. The number of carbonyl (C=O) groups is 1. The smallest absolute Gasteiger partial charge is 0.372 e. The summed E-state index contributed by atoms with van der Waals surface area (Å²) < 4.78 is 39.9. The van der Waals surface area contributed by atoms with E-state index in [0.717, 1.165) is 32.1 Å². The van der Waals surface area contributed by atoms with Gasteiger partial charge in [-0.05, 0) is 12.8 Å². The first-order valence-corrected chi connectivity index (χ1v) is 6.92. The van der Waals surface area contributed by atoms with Crippen LogP contribution in [0.15, 0.2) is 0 Å². The van der Waals surface area contributed by atoms with Crippen LogP contribution in [0.1, 0.15) is 38.5 Å². The second kappa shape index (κ2) is 7.33. The first-order valence-electron chi connectivity index (χ1n) is 6.38. The third-order valence-electron chi connectivity index (χ3n) is 3.21. The van der Waals surface area contributed by atoms with E-state index in [2.05, 4.69) is 10.1 Å². The lowest BCUT2D eigenvalue weighted by molar-refractivity contribution is -0.174. The quantitative estimate of drug-likeness (QED) is 0.605. The Bertz CT molecular complexity index is 291. The molecule has 7 heteroatoms. The topological polar surface area (TPSA) is 38.3 Å². The van der Waals surface area contributed by atoms with Crippen LogP contribution in [0, 0.1) is 0 Å². The Labute approximate surface area is 115 Å². The molecule has 0 aromatic carbocycles. The number of alkyl halides is 4. The molecule has 0 atom stereocenters. The monoisotopic (exact) mass is 301 g/mol. The Balaban J connectivity index is 2.26. The Morgan fingerprint density at radius 3 is 2.42 bits per heavy atom. The molecule has 0 aromatic rings. The van der Waals surface area contributed by atoms with Crippen LogP contribution >= 0.6 is 11.6 Å². The van der Waals surface area contributed by atoms with Gasteiger partial charge in [-0.1, -0.05) is 19.3 Å². The Morgan fingerprint density at radius 1 is 1.26 bits per heavy atom. The molecule has 112 valence electrons. The maximum absolute atomic E-state index is 11.8. The number of hydrogen-bond acceptors (Lipinski definition) is 2. The molecule has 0 spiro atoms. The number of halogens is 4. The van der Waals surface area contributed by atoms with Gasteiger partial charge in [-0.2, -0.15) is 13.2 Å². The van der Waals surface area contributed by atoms with E-state index in [1.54, 1.807) is 0 Å². The fourth-order valence-corrected chi connectivity index (χ4v) is 2.57. The molecule has 1 aliphatic carbocycles. The zero-order chi connectivity index (χ0) is 14.4. The molecule has 0 unspecified atom stereocenters. The van der Waals surface area contributed by atoms with Crippen LogP contribution in [-0.2, 0) is 9.53 Å². The van der Waals surface area contributed by atoms with E-state index in [9.17, 15) is 18.0 Å². The number of nitrogens with one attached hydrogen (secondary N) is 1. The predicted octanol–water partition coefficient (Wildman–Crippen LogP) is 3.01. The molecule has 0 heterocycles. The molecule has 1 saturated carbocycles. The van der Waals surface area contributed by atoms with Crippen LogP contribution in [0.4, 0.5) is 13.2 Å². The van der Waals surface area contributed by atoms with Gasteiger partial charge in [-0.15, -0.1) is 11.6 Å². The molecular weight excluding hydrogens is 283 g/mol. The van der Waals surface area contributed by atoms with Crippen molar-refractivity contribution >= 4 is 17.5 Å². The van der Waals surface area contributed by atoms with Gasteiger partial charge in [0.1, 0.15) is 6.61 Å². The van der Waals surface area contributed by atoms with Gasteiger partial charge < -0.3 is 10.1 Å². The average molecular weight is 302 g/mol. The maximum atomic E-state index is 11.8. The summed E-state index contributed by atoms with van der Waals surface area (Å²) in [7, 11) is 0. The normalized spacial score (nSPS) is 19.2. The zero-order valence-corrected chi connectivity index (χ0v) is 11.4. The number of carbonyl (C=O) groups excluding carboxylic acids is 1. The summed E-state index contributed by atoms with van der Waals surface area (Å²) in [5.74, 6) is 0.0343. The predicted molar refractivity (Wildman–Crippen MR) is 66.2 cm³/mol. The second-order valence-corrected chi connectivity index (χ2v) is 5.21. The molecule has 1 aliphatic rings. The first kappa shape index (κ1) is 16.6. The van der Waals surface area contributed by atoms with Crippen molar-refractivity contribution in [1.29, 1.82) is 0 Å². The Morgan fingerprint density at radius 2 is 1.89 bits per heavy atom. The van der Waals surface area contributed by atoms with E-state index in [-0.39, 0.29) is 24.5 Å². The molecular formula is C12H19ClF3NO2. The Kier molecular flexibility index (Phi) is 6.39. The molecule has 1 rings (SSSR count). The van der Waals surface area contributed by atoms with Gasteiger partial charge in [0, 0.05) is 12.3 Å². The molecule has 0 bridgehead atoms. The van der Waals surface area contributed by atoms with Gasteiger partial charge in [0.2, 0.25) is 5.91 Å². The van der Waals surface area contributed by atoms with Gasteiger partial charge >= 0.3 is 6.18 Å². The minimum Gasteiger partial charge on any atom is -0.372 e. The highest BCUT2D eigenvalue weighted by atomic mass is 35.5. The highest BCUT2D eigenvalue weighted by Crippen LogP contribution is 2.29. The second-order valence-electron chi connectivity index (χ2n) is 4.94.